The molecule has 0 spiro atoms. The topological polar surface area (TPSA) is 114 Å². The highest BCUT2D eigenvalue weighted by Crippen LogP contribution is 2.30. The third-order valence-electron chi connectivity index (χ3n) is 5.80. The van der Waals surface area contributed by atoms with Crippen LogP contribution in [0.25, 0.3) is 33.2 Å². The number of para-hydroxylation sites is 1. The lowest BCUT2D eigenvalue weighted by Crippen LogP contribution is -2.11. The van der Waals surface area contributed by atoms with E-state index in [-0.39, 0.29) is 5.56 Å². The molecule has 5 rings (SSSR count). The quantitative estimate of drug-likeness (QED) is 0.414. The van der Waals surface area contributed by atoms with Crippen molar-refractivity contribution in [1.29, 1.82) is 0 Å². The zero-order chi connectivity index (χ0) is 22.7. The van der Waals surface area contributed by atoms with E-state index in [9.17, 15) is 4.79 Å². The number of nitrogens with two attached hydrogens (primary N) is 1. The molecule has 0 unspecified atom stereocenters. The molecule has 1 aliphatic carbocycles. The molecule has 0 amide bonds. The first-order chi connectivity index (χ1) is 15.5. The molecule has 1 aliphatic rings. The van der Waals surface area contributed by atoms with E-state index in [1.807, 2.05) is 12.1 Å². The fourth-order valence-corrected chi connectivity index (χ4v) is 4.39. The molecule has 0 radical (unpaired) electrons. The number of benzene rings is 2. The van der Waals surface area contributed by atoms with Crippen LogP contribution in [-0.4, -0.2) is 32.2 Å². The number of hydrogen-bond acceptors (Lipinski definition) is 4. The van der Waals surface area contributed by atoms with Gasteiger partial charge < -0.3 is 20.4 Å². The van der Waals surface area contributed by atoms with Gasteiger partial charge in [0.15, 0.2) is 0 Å². The Kier molecular flexibility index (Phi) is 6.37. The highest BCUT2D eigenvalue weighted by molar-refractivity contribution is 5.96. The number of aromatic nitrogens is 3. The van der Waals surface area contributed by atoms with E-state index < -0.39 is 5.97 Å². The molecule has 0 saturated heterocycles. The minimum Gasteiger partial charge on any atom is -0.481 e. The molecule has 0 fully saturated rings. The Morgan fingerprint density at radius 2 is 1.91 bits per heavy atom. The molecule has 0 bridgehead atoms. The number of unbranched alkanes of at least 4 members (excludes halogenated alkanes) is 1. The summed E-state index contributed by atoms with van der Waals surface area (Å²) in [5.41, 5.74) is 12.5. The fraction of sp³-hybridized carbons (Fsp3) is 0.320. The number of fused-ring (bicyclic) bond motifs is 3. The van der Waals surface area contributed by atoms with Gasteiger partial charge in [0.1, 0.15) is 5.69 Å². The number of carboxylic acid groups (broad SMARTS) is 1. The van der Waals surface area contributed by atoms with E-state index >= 15 is 0 Å². The average Bonchev–Trinajstić information content (AvgIpc) is 3.36. The third kappa shape index (κ3) is 4.43. The molecular formula is C25H28N4O3. The number of hydrogen-bond donors (Lipinski definition) is 3. The molecule has 166 valence electrons. The Morgan fingerprint density at radius 1 is 1.19 bits per heavy atom. The summed E-state index contributed by atoms with van der Waals surface area (Å²) in [6.07, 6.45) is 7.44. The van der Waals surface area contributed by atoms with Crippen LogP contribution in [0.1, 0.15) is 37.3 Å². The number of H-pyrrole nitrogens is 1. The number of aryl methyl sites for hydroxylation is 3. The van der Waals surface area contributed by atoms with Crippen molar-refractivity contribution in [3.63, 3.8) is 0 Å². The minimum absolute atomic E-state index is 0.129. The van der Waals surface area contributed by atoms with Gasteiger partial charge in [-0.05, 0) is 68.0 Å². The highest BCUT2D eigenvalue weighted by atomic mass is 16.4. The van der Waals surface area contributed by atoms with Crippen LogP contribution >= 0.6 is 0 Å². The summed E-state index contributed by atoms with van der Waals surface area (Å²) in [5, 5.41) is 8.48. The molecule has 0 saturated carbocycles. The summed E-state index contributed by atoms with van der Waals surface area (Å²) < 4.78 is 2.22. The van der Waals surface area contributed by atoms with Crippen LogP contribution in [-0.2, 0) is 24.2 Å². The number of rotatable bonds is 5. The maximum absolute atomic E-state index is 12.9. The number of nitrogens with zero attached hydrogens (tertiary/aromatic N) is 2. The van der Waals surface area contributed by atoms with Crippen LogP contribution in [0, 0.1) is 0 Å². The van der Waals surface area contributed by atoms with Crippen molar-refractivity contribution < 1.29 is 9.90 Å². The maximum atomic E-state index is 12.9. The number of carbonyl (C=O) groups is 1. The van der Waals surface area contributed by atoms with E-state index in [4.69, 9.17) is 20.6 Å². The van der Waals surface area contributed by atoms with Crippen molar-refractivity contribution in [2.75, 3.05) is 6.54 Å². The average molecular weight is 433 g/mol. The van der Waals surface area contributed by atoms with Gasteiger partial charge in [0.2, 0.25) is 0 Å². The molecule has 2 heterocycles. The lowest BCUT2D eigenvalue weighted by atomic mass is 10.1. The molecular weight excluding hydrogens is 404 g/mol. The third-order valence-corrected chi connectivity index (χ3v) is 5.80. The van der Waals surface area contributed by atoms with Crippen LogP contribution in [0.15, 0.2) is 47.4 Å². The first kappa shape index (κ1) is 21.8. The number of carboxylic acids is 1. The summed E-state index contributed by atoms with van der Waals surface area (Å²) in [6.45, 7) is 2.67. The lowest BCUT2D eigenvalue weighted by Gasteiger charge is -2.05. The van der Waals surface area contributed by atoms with Crippen LogP contribution in [0.2, 0.25) is 0 Å². The number of aromatic amines is 1. The second-order valence-corrected chi connectivity index (χ2v) is 8.17. The Labute approximate surface area is 185 Å². The van der Waals surface area contributed by atoms with Crippen molar-refractivity contribution >= 4 is 27.9 Å². The Morgan fingerprint density at radius 3 is 2.66 bits per heavy atom. The van der Waals surface area contributed by atoms with Gasteiger partial charge in [-0.15, -0.1) is 0 Å². The summed E-state index contributed by atoms with van der Waals surface area (Å²) in [6, 6.07) is 12.5. The zero-order valence-electron chi connectivity index (χ0n) is 18.2. The largest absolute Gasteiger partial charge is 0.481 e. The molecule has 4 aromatic rings. The van der Waals surface area contributed by atoms with Crippen molar-refractivity contribution in [3.05, 3.63) is 64.1 Å². The molecule has 0 aliphatic heterocycles. The standard InChI is InChI=1S/C23H24N4O.C2H4O2/c24-10-3-4-11-27-14-18(17-8-1-2-9-21(17)27)22-23(28)26-20-13-16-7-5-6-15(16)12-19(20)25-22;1-2(3)4/h1-2,8-9,12-14H,3-7,10-11,24H2,(H,26,28);1H3,(H,3,4). The van der Waals surface area contributed by atoms with E-state index in [1.54, 1.807) is 0 Å². The van der Waals surface area contributed by atoms with Gasteiger partial charge in [-0.1, -0.05) is 18.2 Å². The summed E-state index contributed by atoms with van der Waals surface area (Å²) in [5.74, 6) is -0.833. The Balaban J connectivity index is 0.000000567. The summed E-state index contributed by atoms with van der Waals surface area (Å²) in [4.78, 5) is 29.8. The van der Waals surface area contributed by atoms with Gasteiger partial charge in [0, 0.05) is 36.1 Å². The van der Waals surface area contributed by atoms with E-state index in [1.165, 1.54) is 17.5 Å². The van der Waals surface area contributed by atoms with Gasteiger partial charge in [-0.3, -0.25) is 9.59 Å². The SMILES string of the molecule is CC(=O)O.NCCCCn1cc(-c2nc3cc4c(cc3[nH]c2=O)CCC4)c2ccccc21. The van der Waals surface area contributed by atoms with Gasteiger partial charge in [-0.25, -0.2) is 4.98 Å². The van der Waals surface area contributed by atoms with Gasteiger partial charge in [0.25, 0.3) is 11.5 Å². The van der Waals surface area contributed by atoms with E-state index in [2.05, 4.69) is 40.0 Å². The van der Waals surface area contributed by atoms with Gasteiger partial charge in [-0.2, -0.15) is 0 Å². The maximum Gasteiger partial charge on any atom is 0.300 e. The number of aliphatic carboxylic acids is 1. The first-order valence-corrected chi connectivity index (χ1v) is 11.0. The van der Waals surface area contributed by atoms with Crippen LogP contribution in [0.5, 0.6) is 0 Å². The molecule has 0 atom stereocenters. The fourth-order valence-electron chi connectivity index (χ4n) is 4.39. The lowest BCUT2D eigenvalue weighted by molar-refractivity contribution is -0.134. The minimum atomic E-state index is -0.833. The molecule has 4 N–H and O–H groups in total. The Bertz CT molecular complexity index is 1330. The van der Waals surface area contributed by atoms with Crippen LogP contribution in [0.4, 0.5) is 0 Å². The second kappa shape index (κ2) is 9.36. The van der Waals surface area contributed by atoms with E-state index in [0.717, 1.165) is 66.7 Å². The molecule has 2 aromatic carbocycles. The molecule has 2 aromatic heterocycles. The van der Waals surface area contributed by atoms with Crippen molar-refractivity contribution in [1.82, 2.24) is 14.5 Å². The second-order valence-electron chi connectivity index (χ2n) is 8.17. The number of nitrogens with one attached hydrogen (secondary N) is 1. The van der Waals surface area contributed by atoms with Gasteiger partial charge in [0.05, 0.1) is 11.0 Å². The normalized spacial score (nSPS) is 12.6. The van der Waals surface area contributed by atoms with Crippen LogP contribution < -0.4 is 11.3 Å². The smallest absolute Gasteiger partial charge is 0.300 e. The van der Waals surface area contributed by atoms with E-state index in [0.29, 0.717) is 12.2 Å². The zero-order valence-corrected chi connectivity index (χ0v) is 18.2. The first-order valence-electron chi connectivity index (χ1n) is 11.0. The predicted octanol–water partition coefficient (Wildman–Crippen LogP) is 3.86. The predicted molar refractivity (Wildman–Crippen MR) is 127 cm³/mol. The summed E-state index contributed by atoms with van der Waals surface area (Å²) in [7, 11) is 0. The van der Waals surface area contributed by atoms with Crippen LogP contribution in [0.3, 0.4) is 0 Å². The molecule has 32 heavy (non-hydrogen) atoms. The molecule has 7 nitrogen and oxygen atoms in total. The highest BCUT2D eigenvalue weighted by Gasteiger charge is 2.17. The Hall–Kier alpha value is -3.45. The van der Waals surface area contributed by atoms with Gasteiger partial charge >= 0.3 is 0 Å². The monoisotopic (exact) mass is 432 g/mol. The van der Waals surface area contributed by atoms with Crippen molar-refractivity contribution in [2.45, 2.75) is 45.6 Å². The van der Waals surface area contributed by atoms with Crippen molar-refractivity contribution in [3.8, 4) is 11.3 Å². The molecule has 7 heteroatoms. The summed E-state index contributed by atoms with van der Waals surface area (Å²) >= 11 is 0. The van der Waals surface area contributed by atoms with Crippen molar-refractivity contribution in [2.24, 2.45) is 5.73 Å².